The molecule has 0 atom stereocenters. The lowest BCUT2D eigenvalue weighted by atomic mass is 10.0. The third-order valence-corrected chi connectivity index (χ3v) is 3.47. The summed E-state index contributed by atoms with van der Waals surface area (Å²) in [6, 6.07) is 4.68. The summed E-state index contributed by atoms with van der Waals surface area (Å²) < 4.78 is 15.1. The van der Waals surface area contributed by atoms with Gasteiger partial charge in [-0.05, 0) is 30.5 Å². The van der Waals surface area contributed by atoms with Crippen LogP contribution in [0.5, 0.6) is 5.75 Å². The fraction of sp³-hybridized carbons (Fsp3) is 0.353. The van der Waals surface area contributed by atoms with Crippen LogP contribution in [0.3, 0.4) is 0 Å². The van der Waals surface area contributed by atoms with Crippen LogP contribution < -0.4 is 10.4 Å². The van der Waals surface area contributed by atoms with Gasteiger partial charge in [-0.2, -0.15) is 0 Å². The number of ether oxygens (including phenoxy) is 2. The van der Waals surface area contributed by atoms with Gasteiger partial charge in [-0.3, -0.25) is 9.59 Å². The van der Waals surface area contributed by atoms with Crippen molar-refractivity contribution in [3.05, 3.63) is 39.7 Å². The van der Waals surface area contributed by atoms with Crippen molar-refractivity contribution in [2.75, 3.05) is 7.11 Å². The molecule has 0 aliphatic heterocycles. The van der Waals surface area contributed by atoms with Crippen LogP contribution in [0.15, 0.2) is 27.4 Å². The van der Waals surface area contributed by atoms with Crippen LogP contribution in [0.2, 0.25) is 0 Å². The molecule has 0 spiro atoms. The van der Waals surface area contributed by atoms with Crippen molar-refractivity contribution >= 4 is 22.9 Å². The first-order valence-electron chi connectivity index (χ1n) is 7.29. The molecule has 0 saturated heterocycles. The number of hydrogen-bond acceptors (Lipinski definition) is 6. The minimum absolute atomic E-state index is 0.161. The average Bonchev–Trinajstić information content (AvgIpc) is 2.52. The van der Waals surface area contributed by atoms with E-state index in [1.165, 1.54) is 19.2 Å². The first-order chi connectivity index (χ1) is 10.9. The molecule has 0 saturated carbocycles. The maximum atomic E-state index is 11.6. The van der Waals surface area contributed by atoms with E-state index < -0.39 is 11.6 Å². The molecule has 1 heterocycles. The van der Waals surface area contributed by atoms with E-state index in [1.54, 1.807) is 19.9 Å². The number of carbonyl (C=O) groups is 2. The summed E-state index contributed by atoms with van der Waals surface area (Å²) in [5.74, 6) is -0.463. The molecule has 0 aliphatic carbocycles. The molecule has 6 nitrogen and oxygen atoms in total. The summed E-state index contributed by atoms with van der Waals surface area (Å²) in [4.78, 5) is 34.4. The molecule has 0 unspecified atom stereocenters. The Morgan fingerprint density at radius 1 is 1.17 bits per heavy atom. The third-order valence-electron chi connectivity index (χ3n) is 3.47. The van der Waals surface area contributed by atoms with E-state index in [-0.39, 0.29) is 18.8 Å². The van der Waals surface area contributed by atoms with Gasteiger partial charge in [0.15, 0.2) is 0 Å². The second kappa shape index (κ2) is 7.09. The van der Waals surface area contributed by atoms with Gasteiger partial charge in [0.05, 0.1) is 7.11 Å². The highest BCUT2D eigenvalue weighted by atomic mass is 16.5. The highest BCUT2D eigenvalue weighted by molar-refractivity contribution is 5.84. The molecule has 23 heavy (non-hydrogen) atoms. The Bertz CT molecular complexity index is 803. The molecule has 1 aromatic heterocycles. The van der Waals surface area contributed by atoms with Crippen LogP contribution in [0.1, 0.15) is 30.9 Å². The molecule has 6 heteroatoms. The van der Waals surface area contributed by atoms with Gasteiger partial charge in [0.1, 0.15) is 11.3 Å². The molecule has 122 valence electrons. The van der Waals surface area contributed by atoms with Gasteiger partial charge in [0.25, 0.3) is 0 Å². The number of carbonyl (C=O) groups excluding carboxylic acids is 2. The molecule has 2 rings (SSSR count). The Kier molecular flexibility index (Phi) is 5.16. The molecule has 0 amide bonds. The van der Waals surface area contributed by atoms with Crippen molar-refractivity contribution in [3.63, 3.8) is 0 Å². The number of methoxy groups -OCH3 is 1. The Morgan fingerprint density at radius 2 is 1.91 bits per heavy atom. The smallest absolute Gasteiger partial charge is 0.336 e. The van der Waals surface area contributed by atoms with Crippen LogP contribution in [0.25, 0.3) is 11.0 Å². The first kappa shape index (κ1) is 16.7. The number of fused-ring (bicyclic) bond motifs is 1. The van der Waals surface area contributed by atoms with E-state index >= 15 is 0 Å². The lowest BCUT2D eigenvalue weighted by Crippen LogP contribution is -2.09. The Balaban J connectivity index is 2.50. The van der Waals surface area contributed by atoms with E-state index in [9.17, 15) is 14.4 Å². The van der Waals surface area contributed by atoms with Crippen LogP contribution in [-0.2, 0) is 20.7 Å². The maximum absolute atomic E-state index is 11.6. The van der Waals surface area contributed by atoms with Gasteiger partial charge in [0.2, 0.25) is 0 Å². The molecule has 2 aromatic rings. The highest BCUT2D eigenvalue weighted by Crippen LogP contribution is 2.28. The van der Waals surface area contributed by atoms with Crippen LogP contribution in [-0.4, -0.2) is 19.0 Å². The zero-order chi connectivity index (χ0) is 17.0. The third kappa shape index (κ3) is 3.97. The number of hydrogen-bond donors (Lipinski definition) is 0. The van der Waals surface area contributed by atoms with E-state index in [1.807, 2.05) is 0 Å². The fourth-order valence-electron chi connectivity index (χ4n) is 2.21. The van der Waals surface area contributed by atoms with Gasteiger partial charge in [-0.15, -0.1) is 0 Å². The SMILES string of the molecule is CCC(=O)Oc1cc2oc(=O)cc(C)c2cc1CCC(=O)OC. The molecule has 0 radical (unpaired) electrons. The normalized spacial score (nSPS) is 10.6. The summed E-state index contributed by atoms with van der Waals surface area (Å²) in [6.07, 6.45) is 0.730. The predicted molar refractivity (Wildman–Crippen MR) is 83.5 cm³/mol. The monoisotopic (exact) mass is 318 g/mol. The minimum Gasteiger partial charge on any atom is -0.469 e. The largest absolute Gasteiger partial charge is 0.469 e. The van der Waals surface area contributed by atoms with Crippen molar-refractivity contribution in [1.82, 2.24) is 0 Å². The second-order valence-corrected chi connectivity index (χ2v) is 5.11. The number of aryl methyl sites for hydroxylation is 2. The highest BCUT2D eigenvalue weighted by Gasteiger charge is 2.14. The molecule has 0 N–H and O–H groups in total. The zero-order valence-electron chi connectivity index (χ0n) is 13.3. The van der Waals surface area contributed by atoms with Gasteiger partial charge < -0.3 is 13.9 Å². The van der Waals surface area contributed by atoms with Crippen LogP contribution in [0, 0.1) is 6.92 Å². The molecule has 0 fully saturated rings. The average molecular weight is 318 g/mol. The topological polar surface area (TPSA) is 82.8 Å². The minimum atomic E-state index is -0.468. The predicted octanol–water partition coefficient (Wildman–Crippen LogP) is 2.52. The van der Waals surface area contributed by atoms with E-state index in [0.29, 0.717) is 23.3 Å². The van der Waals surface area contributed by atoms with Gasteiger partial charge in [-0.25, -0.2) is 4.79 Å². The van der Waals surface area contributed by atoms with E-state index in [0.717, 1.165) is 10.9 Å². The Morgan fingerprint density at radius 3 is 2.57 bits per heavy atom. The summed E-state index contributed by atoms with van der Waals surface area (Å²) in [7, 11) is 1.32. The Labute approximate surface area is 133 Å². The summed E-state index contributed by atoms with van der Waals surface area (Å²) in [6.45, 7) is 3.48. The summed E-state index contributed by atoms with van der Waals surface area (Å²) >= 11 is 0. The number of rotatable bonds is 5. The molecule has 0 bridgehead atoms. The van der Waals surface area contributed by atoms with Crippen molar-refractivity contribution < 1.29 is 23.5 Å². The quantitative estimate of drug-likeness (QED) is 0.478. The molecule has 0 aliphatic rings. The van der Waals surface area contributed by atoms with Crippen molar-refractivity contribution in [2.24, 2.45) is 0 Å². The maximum Gasteiger partial charge on any atom is 0.336 e. The van der Waals surface area contributed by atoms with Crippen molar-refractivity contribution in [1.29, 1.82) is 0 Å². The number of esters is 2. The molecular formula is C17H18O6. The lowest BCUT2D eigenvalue weighted by molar-refractivity contribution is -0.140. The van der Waals surface area contributed by atoms with E-state index in [2.05, 4.69) is 4.74 Å². The first-order valence-corrected chi connectivity index (χ1v) is 7.29. The van der Waals surface area contributed by atoms with Crippen molar-refractivity contribution in [3.8, 4) is 5.75 Å². The molecule has 1 aromatic carbocycles. The van der Waals surface area contributed by atoms with Gasteiger partial charge >= 0.3 is 17.6 Å². The van der Waals surface area contributed by atoms with Crippen LogP contribution in [0.4, 0.5) is 0 Å². The fourth-order valence-corrected chi connectivity index (χ4v) is 2.21. The van der Waals surface area contributed by atoms with Gasteiger partial charge in [-0.1, -0.05) is 6.92 Å². The molecular weight excluding hydrogens is 300 g/mol. The standard InChI is InChI=1S/C17H18O6/c1-4-15(18)22-13-9-14-12(10(2)7-17(20)23-14)8-11(13)5-6-16(19)21-3/h7-9H,4-6H2,1-3H3. The summed E-state index contributed by atoms with van der Waals surface area (Å²) in [5.41, 5.74) is 1.31. The second-order valence-electron chi connectivity index (χ2n) is 5.11. The lowest BCUT2D eigenvalue weighted by Gasteiger charge is -2.11. The van der Waals surface area contributed by atoms with Crippen LogP contribution >= 0.6 is 0 Å². The number of benzene rings is 1. The Hall–Kier alpha value is -2.63. The van der Waals surface area contributed by atoms with Gasteiger partial charge in [0, 0.05) is 30.4 Å². The van der Waals surface area contributed by atoms with E-state index in [4.69, 9.17) is 9.15 Å². The van der Waals surface area contributed by atoms with Crippen molar-refractivity contribution in [2.45, 2.75) is 33.1 Å². The summed E-state index contributed by atoms with van der Waals surface area (Å²) in [5, 5.41) is 0.737. The zero-order valence-corrected chi connectivity index (χ0v) is 13.3.